The van der Waals surface area contributed by atoms with Crippen LogP contribution in [0.1, 0.15) is 36.3 Å². The second-order valence-electron chi connectivity index (χ2n) is 5.44. The van der Waals surface area contributed by atoms with Crippen molar-refractivity contribution in [2.75, 3.05) is 6.54 Å². The number of carbonyl (C=O) groups excluding carboxylic acids is 1. The van der Waals surface area contributed by atoms with Gasteiger partial charge in [-0.05, 0) is 37.9 Å². The number of pyridine rings is 1. The number of nitrogens with zero attached hydrogens (tertiary/aromatic N) is 1. The minimum atomic E-state index is -4.49. The van der Waals surface area contributed by atoms with Crippen molar-refractivity contribution >= 4 is 5.91 Å². The lowest BCUT2D eigenvalue weighted by Gasteiger charge is -2.36. The Morgan fingerprint density at radius 3 is 2.62 bits per heavy atom. The number of halogens is 3. The van der Waals surface area contributed by atoms with Gasteiger partial charge in [0.15, 0.2) is 0 Å². The van der Waals surface area contributed by atoms with Gasteiger partial charge in [-0.15, -0.1) is 0 Å². The van der Waals surface area contributed by atoms with Crippen molar-refractivity contribution < 1.29 is 18.0 Å². The average molecular weight is 301 g/mol. The molecule has 1 aliphatic heterocycles. The highest BCUT2D eigenvalue weighted by Crippen LogP contribution is 2.27. The Balaban J connectivity index is 2.06. The molecule has 3 atom stereocenters. The van der Waals surface area contributed by atoms with Crippen LogP contribution in [0.5, 0.6) is 0 Å². The van der Waals surface area contributed by atoms with Gasteiger partial charge in [0.2, 0.25) is 0 Å². The maximum absolute atomic E-state index is 12.4. The summed E-state index contributed by atoms with van der Waals surface area (Å²) in [6.45, 7) is 4.93. The van der Waals surface area contributed by atoms with E-state index in [4.69, 9.17) is 0 Å². The molecule has 21 heavy (non-hydrogen) atoms. The number of hydrogen-bond donors (Lipinski definition) is 2. The predicted molar refractivity (Wildman–Crippen MR) is 71.7 cm³/mol. The summed E-state index contributed by atoms with van der Waals surface area (Å²) in [5.74, 6) is -0.0868. The summed E-state index contributed by atoms with van der Waals surface area (Å²) in [5.41, 5.74) is -0.868. The van der Waals surface area contributed by atoms with Crippen molar-refractivity contribution in [3.8, 4) is 0 Å². The Morgan fingerprint density at radius 1 is 1.38 bits per heavy atom. The topological polar surface area (TPSA) is 54.0 Å². The summed E-state index contributed by atoms with van der Waals surface area (Å²) in [5, 5.41) is 6.14. The lowest BCUT2D eigenvalue weighted by atomic mass is 9.89. The van der Waals surface area contributed by atoms with Crippen LogP contribution in [-0.2, 0) is 6.18 Å². The van der Waals surface area contributed by atoms with Crippen molar-refractivity contribution in [3.63, 3.8) is 0 Å². The van der Waals surface area contributed by atoms with E-state index < -0.39 is 17.8 Å². The summed E-state index contributed by atoms with van der Waals surface area (Å²) >= 11 is 0. The minimum absolute atomic E-state index is 0.0476. The first-order chi connectivity index (χ1) is 9.79. The van der Waals surface area contributed by atoms with E-state index in [0.717, 1.165) is 31.3 Å². The van der Waals surface area contributed by atoms with Gasteiger partial charge in [-0.2, -0.15) is 13.2 Å². The highest BCUT2D eigenvalue weighted by Gasteiger charge is 2.33. The van der Waals surface area contributed by atoms with E-state index in [2.05, 4.69) is 15.6 Å². The summed E-state index contributed by atoms with van der Waals surface area (Å²) in [6.07, 6.45) is -2.59. The number of nitrogens with one attached hydrogen (secondary N) is 2. The van der Waals surface area contributed by atoms with Gasteiger partial charge in [-0.25, -0.2) is 0 Å². The van der Waals surface area contributed by atoms with Gasteiger partial charge in [0.25, 0.3) is 5.91 Å². The lowest BCUT2D eigenvalue weighted by Crippen LogP contribution is -2.55. The fraction of sp³-hybridized carbons (Fsp3) is 0.571. The number of hydrogen-bond acceptors (Lipinski definition) is 3. The predicted octanol–water partition coefficient (Wildman–Crippen LogP) is 2.22. The fourth-order valence-corrected chi connectivity index (χ4v) is 2.54. The van der Waals surface area contributed by atoms with E-state index in [1.165, 1.54) is 0 Å². The first kappa shape index (κ1) is 15.8. The molecule has 0 aliphatic carbocycles. The maximum atomic E-state index is 12.4. The van der Waals surface area contributed by atoms with Crippen molar-refractivity contribution in [1.82, 2.24) is 15.6 Å². The Kier molecular flexibility index (Phi) is 4.51. The van der Waals surface area contributed by atoms with E-state index in [1.807, 2.05) is 13.8 Å². The van der Waals surface area contributed by atoms with E-state index >= 15 is 0 Å². The molecule has 1 aromatic heterocycles. The van der Waals surface area contributed by atoms with Crippen molar-refractivity contribution in [2.45, 2.75) is 38.5 Å². The van der Waals surface area contributed by atoms with Crippen LogP contribution in [0, 0.1) is 5.92 Å². The number of piperidine rings is 1. The van der Waals surface area contributed by atoms with Crippen LogP contribution in [-0.4, -0.2) is 29.5 Å². The van der Waals surface area contributed by atoms with Crippen LogP contribution < -0.4 is 10.6 Å². The normalized spacial score (nSPS) is 26.4. The zero-order chi connectivity index (χ0) is 15.6. The zero-order valence-electron chi connectivity index (χ0n) is 11.9. The molecule has 0 spiro atoms. The van der Waals surface area contributed by atoms with Gasteiger partial charge in [0.1, 0.15) is 5.69 Å². The van der Waals surface area contributed by atoms with Gasteiger partial charge < -0.3 is 10.6 Å². The molecule has 0 saturated carbocycles. The van der Waals surface area contributed by atoms with Crippen molar-refractivity contribution in [2.24, 2.45) is 5.92 Å². The first-order valence-electron chi connectivity index (χ1n) is 6.86. The number of aromatic nitrogens is 1. The molecule has 1 aromatic rings. The molecule has 0 bridgehead atoms. The number of rotatable bonds is 2. The van der Waals surface area contributed by atoms with Crippen LogP contribution in [0.4, 0.5) is 13.2 Å². The Hall–Kier alpha value is -1.63. The van der Waals surface area contributed by atoms with E-state index in [9.17, 15) is 18.0 Å². The lowest BCUT2D eigenvalue weighted by molar-refractivity contribution is -0.141. The van der Waals surface area contributed by atoms with Crippen LogP contribution in [0.25, 0.3) is 0 Å². The number of carbonyl (C=O) groups is 1. The molecule has 7 heteroatoms. The Labute approximate surface area is 121 Å². The second-order valence-corrected chi connectivity index (χ2v) is 5.44. The molecule has 2 rings (SSSR count). The van der Waals surface area contributed by atoms with Gasteiger partial charge in [0, 0.05) is 18.3 Å². The minimum Gasteiger partial charge on any atom is -0.347 e. The third-order valence-electron chi connectivity index (χ3n) is 3.83. The third kappa shape index (κ3) is 3.72. The highest BCUT2D eigenvalue weighted by atomic mass is 19.4. The van der Waals surface area contributed by atoms with Gasteiger partial charge in [0.05, 0.1) is 5.56 Å². The molecule has 1 fully saturated rings. The van der Waals surface area contributed by atoms with E-state index in [-0.39, 0.29) is 17.6 Å². The summed E-state index contributed by atoms with van der Waals surface area (Å²) < 4.78 is 37.3. The van der Waals surface area contributed by atoms with Crippen LogP contribution >= 0.6 is 0 Å². The molecule has 4 nitrogen and oxygen atoms in total. The smallest absolute Gasteiger partial charge is 0.347 e. The molecule has 116 valence electrons. The molecule has 3 unspecified atom stereocenters. The summed E-state index contributed by atoms with van der Waals surface area (Å²) in [4.78, 5) is 15.4. The molecule has 0 radical (unpaired) electrons. The van der Waals surface area contributed by atoms with Crippen molar-refractivity contribution in [3.05, 3.63) is 29.6 Å². The Morgan fingerprint density at radius 2 is 2.10 bits per heavy atom. The standard InChI is InChI=1S/C14H18F3N3O/c1-8-5-6-18-9(2)12(8)20-13(21)10-3-4-11(19-7-10)14(15,16)17/h3-4,7-9,12,18H,5-6H2,1-2H3,(H,20,21). The van der Waals surface area contributed by atoms with Crippen LogP contribution in [0.3, 0.4) is 0 Å². The van der Waals surface area contributed by atoms with Gasteiger partial charge in [-0.1, -0.05) is 6.92 Å². The average Bonchev–Trinajstić information content (AvgIpc) is 2.42. The monoisotopic (exact) mass is 301 g/mol. The zero-order valence-corrected chi connectivity index (χ0v) is 11.9. The molecule has 2 heterocycles. The fourth-order valence-electron chi connectivity index (χ4n) is 2.54. The molecule has 1 amide bonds. The summed E-state index contributed by atoms with van der Waals surface area (Å²) in [6, 6.07) is 2.05. The third-order valence-corrected chi connectivity index (χ3v) is 3.83. The molecule has 0 aromatic carbocycles. The van der Waals surface area contributed by atoms with Gasteiger partial charge in [-0.3, -0.25) is 9.78 Å². The largest absolute Gasteiger partial charge is 0.433 e. The molecule has 1 aliphatic rings. The Bertz CT molecular complexity index is 491. The SMILES string of the molecule is CC1CCNC(C)C1NC(=O)c1ccc(C(F)(F)F)nc1. The van der Waals surface area contributed by atoms with E-state index in [0.29, 0.717) is 5.92 Å². The van der Waals surface area contributed by atoms with E-state index in [1.54, 1.807) is 0 Å². The number of alkyl halides is 3. The molecule has 2 N–H and O–H groups in total. The molecule has 1 saturated heterocycles. The molecular formula is C14H18F3N3O. The molecular weight excluding hydrogens is 283 g/mol. The first-order valence-corrected chi connectivity index (χ1v) is 6.86. The number of amides is 1. The quantitative estimate of drug-likeness (QED) is 0.880. The van der Waals surface area contributed by atoms with Crippen molar-refractivity contribution in [1.29, 1.82) is 0 Å². The highest BCUT2D eigenvalue weighted by molar-refractivity contribution is 5.94. The van der Waals surface area contributed by atoms with Gasteiger partial charge >= 0.3 is 6.18 Å². The second kappa shape index (κ2) is 6.01. The summed E-state index contributed by atoms with van der Waals surface area (Å²) in [7, 11) is 0. The van der Waals surface area contributed by atoms with Crippen LogP contribution in [0.15, 0.2) is 18.3 Å². The maximum Gasteiger partial charge on any atom is 0.433 e. The van der Waals surface area contributed by atoms with Crippen LogP contribution in [0.2, 0.25) is 0 Å².